The first kappa shape index (κ1) is 9.84. The van der Waals surface area contributed by atoms with E-state index >= 15 is 0 Å². The molecule has 0 saturated carbocycles. The molecule has 0 saturated heterocycles. The Morgan fingerprint density at radius 1 is 1.50 bits per heavy atom. The number of halogens is 2. The van der Waals surface area contributed by atoms with Crippen LogP contribution in [0.1, 0.15) is 20.8 Å². The third-order valence-electron chi connectivity index (χ3n) is 0.781. The van der Waals surface area contributed by atoms with E-state index in [-0.39, 0.29) is 6.51 Å². The summed E-state index contributed by atoms with van der Waals surface area (Å²) in [6.07, 6.45) is 0. The molecule has 0 aromatic heterocycles. The van der Waals surface area contributed by atoms with Gasteiger partial charge in [-0.3, -0.25) is 0 Å². The van der Waals surface area contributed by atoms with Gasteiger partial charge < -0.3 is 9.05 Å². The molecular weight excluding hydrogens is 139 g/mol. The SMILES string of the molecule is CC(C)(C)OCB(F)NF. The molecule has 0 aliphatic carbocycles. The van der Waals surface area contributed by atoms with Gasteiger partial charge in [0.05, 0.1) is 12.1 Å². The zero-order chi connectivity index (χ0) is 8.20. The minimum absolute atomic E-state index is 0.264. The van der Waals surface area contributed by atoms with Gasteiger partial charge >= 0.3 is 7.12 Å². The number of ether oxygens (including phenoxy) is 1. The Morgan fingerprint density at radius 2 is 2.00 bits per heavy atom. The maximum atomic E-state index is 12.1. The predicted molar refractivity (Wildman–Crippen MR) is 36.8 cm³/mol. The number of hydrogen-bond donors (Lipinski definition) is 1. The first-order valence-corrected chi connectivity index (χ1v) is 3.10. The van der Waals surface area contributed by atoms with Gasteiger partial charge in [0.25, 0.3) is 0 Å². The van der Waals surface area contributed by atoms with Crippen LogP contribution in [0.3, 0.4) is 0 Å². The Hall–Kier alpha value is -0.155. The van der Waals surface area contributed by atoms with Crippen molar-refractivity contribution in [2.75, 3.05) is 6.51 Å². The van der Waals surface area contributed by atoms with Crippen molar-refractivity contribution in [3.05, 3.63) is 0 Å². The summed E-state index contributed by atoms with van der Waals surface area (Å²) in [5, 5.41) is 0. The van der Waals surface area contributed by atoms with Crippen LogP contribution < -0.4 is 5.45 Å². The van der Waals surface area contributed by atoms with Crippen molar-refractivity contribution in [3.63, 3.8) is 0 Å². The highest BCUT2D eigenvalue weighted by Gasteiger charge is 2.18. The Morgan fingerprint density at radius 3 is 2.30 bits per heavy atom. The first-order chi connectivity index (χ1) is 4.45. The quantitative estimate of drug-likeness (QED) is 0.484. The molecule has 0 aliphatic rings. The Bertz CT molecular complexity index is 96.1. The normalized spacial score (nSPS) is 11.7. The van der Waals surface area contributed by atoms with E-state index in [0.29, 0.717) is 0 Å². The molecule has 0 unspecified atom stereocenters. The summed E-state index contributed by atoms with van der Waals surface area (Å²) >= 11 is 0. The molecule has 10 heavy (non-hydrogen) atoms. The fourth-order valence-corrected chi connectivity index (χ4v) is 0.355. The zero-order valence-electron chi connectivity index (χ0n) is 6.45. The van der Waals surface area contributed by atoms with Crippen LogP contribution in [0.25, 0.3) is 0 Å². The maximum absolute atomic E-state index is 12.1. The lowest BCUT2D eigenvalue weighted by molar-refractivity contribution is 0.0194. The molecule has 0 rings (SSSR count). The van der Waals surface area contributed by atoms with Crippen LogP contribution in [0, 0.1) is 0 Å². The van der Waals surface area contributed by atoms with E-state index in [1.165, 1.54) is 0 Å². The van der Waals surface area contributed by atoms with E-state index in [2.05, 4.69) is 0 Å². The fourth-order valence-electron chi connectivity index (χ4n) is 0.355. The maximum Gasteiger partial charge on any atom is 0.482 e. The Kier molecular flexibility index (Phi) is 3.82. The van der Waals surface area contributed by atoms with E-state index in [0.717, 1.165) is 5.45 Å². The molecule has 5 heteroatoms. The molecule has 1 N–H and O–H groups in total. The Balaban J connectivity index is 3.36. The summed E-state index contributed by atoms with van der Waals surface area (Å²) in [4.78, 5) is 0. The van der Waals surface area contributed by atoms with E-state index in [9.17, 15) is 8.80 Å². The average molecular weight is 151 g/mol. The fraction of sp³-hybridized carbons (Fsp3) is 1.00. The van der Waals surface area contributed by atoms with E-state index in [4.69, 9.17) is 4.74 Å². The van der Waals surface area contributed by atoms with Gasteiger partial charge in [-0.2, -0.15) is 5.45 Å². The van der Waals surface area contributed by atoms with Gasteiger partial charge in [0.1, 0.15) is 0 Å². The molecule has 0 atom stereocenters. The monoisotopic (exact) mass is 151 g/mol. The van der Waals surface area contributed by atoms with Crippen molar-refractivity contribution in [1.29, 1.82) is 0 Å². The minimum Gasteiger partial charge on any atom is -0.379 e. The van der Waals surface area contributed by atoms with Gasteiger partial charge in [0.15, 0.2) is 0 Å². The number of rotatable bonds is 3. The van der Waals surface area contributed by atoms with Gasteiger partial charge in [-0.05, 0) is 20.8 Å². The third-order valence-corrected chi connectivity index (χ3v) is 0.781. The standard InChI is InChI=1S/C5H12BF2NO/c1-5(2,3)10-4-6(7)9-8/h9H,4H2,1-3H3. The third kappa shape index (κ3) is 5.97. The average Bonchev–Trinajstić information content (AvgIpc) is 1.81. The van der Waals surface area contributed by atoms with Crippen LogP contribution in [0.5, 0.6) is 0 Å². The van der Waals surface area contributed by atoms with Crippen molar-refractivity contribution in [2.24, 2.45) is 0 Å². The van der Waals surface area contributed by atoms with Crippen molar-refractivity contribution in [2.45, 2.75) is 26.4 Å². The number of hydrogen-bond acceptors (Lipinski definition) is 2. The highest BCUT2D eigenvalue weighted by Crippen LogP contribution is 2.06. The molecular formula is C5H12BF2NO. The minimum atomic E-state index is -1.72. The molecule has 0 heterocycles. The second kappa shape index (κ2) is 3.88. The van der Waals surface area contributed by atoms with Crippen molar-refractivity contribution in [1.82, 2.24) is 5.45 Å². The Labute approximate surface area is 60.0 Å². The van der Waals surface area contributed by atoms with Gasteiger partial charge in [0, 0.05) is 0 Å². The van der Waals surface area contributed by atoms with Crippen LogP contribution in [-0.2, 0) is 4.74 Å². The molecule has 0 aromatic rings. The topological polar surface area (TPSA) is 21.3 Å². The molecule has 0 amide bonds. The van der Waals surface area contributed by atoms with E-state index < -0.39 is 12.7 Å². The van der Waals surface area contributed by atoms with Gasteiger partial charge in [0.2, 0.25) is 0 Å². The summed E-state index contributed by atoms with van der Waals surface area (Å²) in [7, 11) is -1.72. The van der Waals surface area contributed by atoms with Crippen LogP contribution >= 0.6 is 0 Å². The lowest BCUT2D eigenvalue weighted by Gasteiger charge is -2.18. The molecule has 0 aromatic carbocycles. The lowest BCUT2D eigenvalue weighted by Crippen LogP contribution is -2.33. The second-order valence-electron chi connectivity index (χ2n) is 3.00. The van der Waals surface area contributed by atoms with Crippen LogP contribution in [-0.4, -0.2) is 19.2 Å². The molecule has 0 bridgehead atoms. The van der Waals surface area contributed by atoms with Gasteiger partial charge in [-0.25, -0.2) is 0 Å². The van der Waals surface area contributed by atoms with Crippen molar-refractivity contribution in [3.8, 4) is 0 Å². The predicted octanol–water partition coefficient (Wildman–Crippen LogP) is 1.27. The highest BCUT2D eigenvalue weighted by atomic mass is 19.2. The lowest BCUT2D eigenvalue weighted by atomic mass is 9.92. The summed E-state index contributed by atoms with van der Waals surface area (Å²) in [6.45, 7) is 5.06. The smallest absolute Gasteiger partial charge is 0.379 e. The van der Waals surface area contributed by atoms with E-state index in [1.54, 1.807) is 20.8 Å². The summed E-state index contributed by atoms with van der Waals surface area (Å²) in [5.41, 5.74) is 0.530. The second-order valence-corrected chi connectivity index (χ2v) is 3.00. The molecule has 0 aliphatic heterocycles. The number of nitrogens with one attached hydrogen (secondary N) is 1. The van der Waals surface area contributed by atoms with Gasteiger partial charge in [-0.15, -0.1) is 4.48 Å². The highest BCUT2D eigenvalue weighted by molar-refractivity contribution is 6.47. The van der Waals surface area contributed by atoms with Crippen LogP contribution in [0.15, 0.2) is 0 Å². The van der Waals surface area contributed by atoms with Crippen LogP contribution in [0.2, 0.25) is 0 Å². The molecule has 60 valence electrons. The largest absolute Gasteiger partial charge is 0.482 e. The van der Waals surface area contributed by atoms with Crippen molar-refractivity contribution < 1.29 is 13.5 Å². The summed E-state index contributed by atoms with van der Waals surface area (Å²) in [5.74, 6) is 0. The van der Waals surface area contributed by atoms with E-state index in [1.807, 2.05) is 0 Å². The first-order valence-electron chi connectivity index (χ1n) is 3.10. The molecule has 0 radical (unpaired) electrons. The summed E-state index contributed by atoms with van der Waals surface area (Å²) < 4.78 is 28.2. The van der Waals surface area contributed by atoms with Crippen molar-refractivity contribution >= 4 is 7.12 Å². The molecule has 0 fully saturated rings. The van der Waals surface area contributed by atoms with Crippen LogP contribution in [0.4, 0.5) is 8.80 Å². The molecule has 0 spiro atoms. The van der Waals surface area contributed by atoms with Gasteiger partial charge in [-0.1, -0.05) is 0 Å². The summed E-state index contributed by atoms with van der Waals surface area (Å²) in [6, 6.07) is 0. The molecule has 2 nitrogen and oxygen atoms in total. The zero-order valence-corrected chi connectivity index (χ0v) is 6.45.